The van der Waals surface area contributed by atoms with E-state index in [1.54, 1.807) is 0 Å². The van der Waals surface area contributed by atoms with E-state index < -0.39 is 0 Å². The van der Waals surface area contributed by atoms with Crippen LogP contribution in [-0.4, -0.2) is 24.0 Å². The van der Waals surface area contributed by atoms with Crippen LogP contribution in [0, 0.1) is 11.3 Å². The Balaban J connectivity index is 2.16. The van der Waals surface area contributed by atoms with E-state index in [2.05, 4.69) is 25.7 Å². The second-order valence-corrected chi connectivity index (χ2v) is 5.23. The Kier molecular flexibility index (Phi) is 1.95. The Morgan fingerprint density at radius 2 is 2.00 bits per heavy atom. The fourth-order valence-electron chi connectivity index (χ4n) is 2.97. The molecule has 0 bridgehead atoms. The summed E-state index contributed by atoms with van der Waals surface area (Å²) >= 11 is 0. The molecule has 2 fully saturated rings. The molecule has 2 atom stereocenters. The fraction of sp³-hybridized carbons (Fsp3) is 1.00. The van der Waals surface area contributed by atoms with Crippen molar-refractivity contribution >= 4 is 0 Å². The summed E-state index contributed by atoms with van der Waals surface area (Å²) in [6.45, 7) is 10.0. The number of rotatable bonds is 0. The first-order valence-corrected chi connectivity index (χ1v) is 5.36. The first-order valence-electron chi connectivity index (χ1n) is 5.36. The largest absolute Gasteiger partial charge is 0.300 e. The van der Waals surface area contributed by atoms with Crippen molar-refractivity contribution in [3.8, 4) is 0 Å². The Morgan fingerprint density at radius 3 is 2.67 bits per heavy atom. The molecule has 70 valence electrons. The fourth-order valence-corrected chi connectivity index (χ4v) is 2.97. The van der Waals surface area contributed by atoms with Gasteiger partial charge < -0.3 is 0 Å². The molecule has 0 amide bonds. The molecule has 1 heteroatoms. The molecule has 0 aromatic heterocycles. The van der Waals surface area contributed by atoms with Crippen molar-refractivity contribution in [1.29, 1.82) is 0 Å². The maximum Gasteiger partial charge on any atom is 0.0150 e. The van der Waals surface area contributed by atoms with Gasteiger partial charge in [0.2, 0.25) is 0 Å². The normalized spacial score (nSPS) is 41.2. The van der Waals surface area contributed by atoms with Gasteiger partial charge in [-0.05, 0) is 30.7 Å². The summed E-state index contributed by atoms with van der Waals surface area (Å²) < 4.78 is 0. The molecule has 0 unspecified atom stereocenters. The lowest BCUT2D eigenvalue weighted by molar-refractivity contribution is 0.129. The summed E-state index contributed by atoms with van der Waals surface area (Å²) in [4.78, 5) is 2.72. The van der Waals surface area contributed by atoms with Crippen molar-refractivity contribution in [2.75, 3.05) is 13.1 Å². The van der Waals surface area contributed by atoms with Crippen molar-refractivity contribution in [2.45, 2.75) is 46.1 Å². The van der Waals surface area contributed by atoms with E-state index in [4.69, 9.17) is 0 Å². The van der Waals surface area contributed by atoms with E-state index in [-0.39, 0.29) is 0 Å². The summed E-state index contributed by atoms with van der Waals surface area (Å²) in [6.07, 6.45) is 4.33. The van der Waals surface area contributed by atoms with Gasteiger partial charge in [0, 0.05) is 12.6 Å². The molecule has 2 rings (SSSR count). The summed E-state index contributed by atoms with van der Waals surface area (Å²) in [5.41, 5.74) is 0.570. The quantitative estimate of drug-likeness (QED) is 0.536. The highest BCUT2D eigenvalue weighted by atomic mass is 15.2. The van der Waals surface area contributed by atoms with Crippen LogP contribution in [0.3, 0.4) is 0 Å². The van der Waals surface area contributed by atoms with Gasteiger partial charge in [-0.2, -0.15) is 0 Å². The van der Waals surface area contributed by atoms with Crippen molar-refractivity contribution in [2.24, 2.45) is 11.3 Å². The number of fused-ring (bicyclic) bond motifs is 1. The monoisotopic (exact) mass is 167 g/mol. The zero-order chi connectivity index (χ0) is 8.77. The zero-order valence-electron chi connectivity index (χ0n) is 8.64. The minimum Gasteiger partial charge on any atom is -0.300 e. The predicted octanol–water partition coefficient (Wildman–Crippen LogP) is 2.52. The number of hydrogen-bond acceptors (Lipinski definition) is 1. The van der Waals surface area contributed by atoms with Crippen LogP contribution in [0.15, 0.2) is 0 Å². The van der Waals surface area contributed by atoms with Gasteiger partial charge in [0.25, 0.3) is 0 Å². The maximum atomic E-state index is 2.72. The SMILES string of the molecule is C[C@H]1CN2CCCC[C@@H]2C1(C)C. The van der Waals surface area contributed by atoms with E-state index in [1.807, 2.05) is 0 Å². The predicted molar refractivity (Wildman–Crippen MR) is 52.2 cm³/mol. The van der Waals surface area contributed by atoms with Gasteiger partial charge in [0.15, 0.2) is 0 Å². The third kappa shape index (κ3) is 1.10. The second kappa shape index (κ2) is 2.73. The molecular weight excluding hydrogens is 146 g/mol. The number of nitrogens with zero attached hydrogens (tertiary/aromatic N) is 1. The lowest BCUT2D eigenvalue weighted by Crippen LogP contribution is -2.40. The minimum atomic E-state index is 0.570. The van der Waals surface area contributed by atoms with Gasteiger partial charge in [-0.3, -0.25) is 4.90 Å². The molecule has 2 heterocycles. The van der Waals surface area contributed by atoms with E-state index in [9.17, 15) is 0 Å². The lowest BCUT2D eigenvalue weighted by atomic mass is 9.75. The van der Waals surface area contributed by atoms with Crippen molar-refractivity contribution in [1.82, 2.24) is 4.90 Å². The average molecular weight is 167 g/mol. The molecule has 0 saturated carbocycles. The molecule has 0 spiro atoms. The molecule has 2 aliphatic rings. The Bertz CT molecular complexity index is 174. The third-order valence-electron chi connectivity index (χ3n) is 4.25. The highest BCUT2D eigenvalue weighted by Gasteiger charge is 2.45. The number of hydrogen-bond donors (Lipinski definition) is 0. The molecule has 0 radical (unpaired) electrons. The first kappa shape index (κ1) is 8.55. The van der Waals surface area contributed by atoms with E-state index >= 15 is 0 Å². The van der Waals surface area contributed by atoms with Gasteiger partial charge in [0.05, 0.1) is 0 Å². The highest BCUT2D eigenvalue weighted by Crippen LogP contribution is 2.44. The second-order valence-electron chi connectivity index (χ2n) is 5.23. The summed E-state index contributed by atoms with van der Waals surface area (Å²) in [5.74, 6) is 0.889. The van der Waals surface area contributed by atoms with Crippen LogP contribution in [0.5, 0.6) is 0 Å². The molecule has 12 heavy (non-hydrogen) atoms. The molecule has 0 aliphatic carbocycles. The Hall–Kier alpha value is -0.0400. The standard InChI is InChI=1S/C11H21N/c1-9-8-12-7-5-4-6-10(12)11(9,2)3/h9-10H,4-8H2,1-3H3/t9-,10+/m0/s1. The summed E-state index contributed by atoms with van der Waals surface area (Å²) in [5, 5.41) is 0. The van der Waals surface area contributed by atoms with Crippen molar-refractivity contribution in [3.05, 3.63) is 0 Å². The van der Waals surface area contributed by atoms with Crippen LogP contribution in [0.4, 0.5) is 0 Å². The molecule has 1 nitrogen and oxygen atoms in total. The van der Waals surface area contributed by atoms with Crippen LogP contribution in [0.2, 0.25) is 0 Å². The van der Waals surface area contributed by atoms with Crippen LogP contribution >= 0.6 is 0 Å². The Morgan fingerprint density at radius 1 is 1.25 bits per heavy atom. The van der Waals surface area contributed by atoms with Gasteiger partial charge in [-0.15, -0.1) is 0 Å². The zero-order valence-corrected chi connectivity index (χ0v) is 8.64. The molecular formula is C11H21N. The molecule has 0 aromatic carbocycles. The Labute approximate surface area is 76.1 Å². The maximum absolute atomic E-state index is 2.72. The van der Waals surface area contributed by atoms with Crippen molar-refractivity contribution < 1.29 is 0 Å². The topological polar surface area (TPSA) is 3.24 Å². The lowest BCUT2D eigenvalue weighted by Gasteiger charge is -2.37. The smallest absolute Gasteiger partial charge is 0.0150 e. The van der Waals surface area contributed by atoms with Gasteiger partial charge in [-0.1, -0.05) is 27.2 Å². The van der Waals surface area contributed by atoms with Crippen molar-refractivity contribution in [3.63, 3.8) is 0 Å². The summed E-state index contributed by atoms with van der Waals surface area (Å²) in [7, 11) is 0. The molecule has 2 saturated heterocycles. The molecule has 0 aromatic rings. The minimum absolute atomic E-state index is 0.570. The average Bonchev–Trinajstić information content (AvgIpc) is 2.25. The third-order valence-corrected chi connectivity index (χ3v) is 4.25. The van der Waals surface area contributed by atoms with Crippen LogP contribution in [0.1, 0.15) is 40.0 Å². The van der Waals surface area contributed by atoms with Crippen LogP contribution in [0.25, 0.3) is 0 Å². The molecule has 0 N–H and O–H groups in total. The summed E-state index contributed by atoms with van der Waals surface area (Å²) in [6, 6.07) is 0.890. The first-order chi connectivity index (χ1) is 5.62. The van der Waals surface area contributed by atoms with E-state index in [0.29, 0.717) is 5.41 Å². The molecule has 2 aliphatic heterocycles. The van der Waals surface area contributed by atoms with Gasteiger partial charge in [-0.25, -0.2) is 0 Å². The van der Waals surface area contributed by atoms with Gasteiger partial charge >= 0.3 is 0 Å². The highest BCUT2D eigenvalue weighted by molar-refractivity contribution is 4.98. The number of piperidine rings is 1. The van der Waals surface area contributed by atoms with E-state index in [0.717, 1.165) is 12.0 Å². The van der Waals surface area contributed by atoms with Crippen LogP contribution < -0.4 is 0 Å². The van der Waals surface area contributed by atoms with Gasteiger partial charge in [0.1, 0.15) is 0 Å². The van der Waals surface area contributed by atoms with E-state index in [1.165, 1.54) is 32.4 Å². The van der Waals surface area contributed by atoms with Crippen LogP contribution in [-0.2, 0) is 0 Å².